The Bertz CT molecular complexity index is 325. The van der Waals surface area contributed by atoms with E-state index in [2.05, 4.69) is 15.9 Å². The summed E-state index contributed by atoms with van der Waals surface area (Å²) in [7, 11) is 3.69. The van der Waals surface area contributed by atoms with Crippen LogP contribution in [0.3, 0.4) is 0 Å². The minimum absolute atomic E-state index is 0. The predicted octanol–water partition coefficient (Wildman–Crippen LogP) is 1.50. The van der Waals surface area contributed by atoms with Gasteiger partial charge in [-0.05, 0) is 21.0 Å². The van der Waals surface area contributed by atoms with Crippen LogP contribution in [0.4, 0.5) is 0 Å². The van der Waals surface area contributed by atoms with Crippen molar-refractivity contribution >= 4 is 44.9 Å². The third-order valence-electron chi connectivity index (χ3n) is 2.94. The summed E-state index contributed by atoms with van der Waals surface area (Å²) in [6.07, 6.45) is -1.34. The van der Waals surface area contributed by atoms with E-state index in [1.807, 2.05) is 25.9 Å². The molecule has 20 heavy (non-hydrogen) atoms. The van der Waals surface area contributed by atoms with Gasteiger partial charge in [0.15, 0.2) is 11.1 Å². The summed E-state index contributed by atoms with van der Waals surface area (Å²) >= 11 is 3.36. The number of ether oxygens (including phenoxy) is 3. The van der Waals surface area contributed by atoms with Crippen molar-refractivity contribution in [1.82, 2.24) is 4.90 Å². The molecule has 1 fully saturated rings. The van der Waals surface area contributed by atoms with Gasteiger partial charge in [0.1, 0.15) is 6.10 Å². The number of esters is 2. The van der Waals surface area contributed by atoms with Crippen LogP contribution in [0, 0.1) is 0 Å². The molecule has 0 bridgehead atoms. The van der Waals surface area contributed by atoms with Crippen LogP contribution >= 0.6 is 32.9 Å². The van der Waals surface area contributed by atoms with Gasteiger partial charge in [0.25, 0.3) is 0 Å². The fourth-order valence-electron chi connectivity index (χ4n) is 2.24. The molecule has 0 aliphatic carbocycles. The molecule has 1 rings (SSSR count). The van der Waals surface area contributed by atoms with Crippen LogP contribution in [-0.4, -0.2) is 60.3 Å². The van der Waals surface area contributed by atoms with E-state index in [-0.39, 0.29) is 35.1 Å². The number of nitrogens with zero attached hydrogens (tertiary/aromatic N) is 1. The zero-order valence-corrected chi connectivity index (χ0v) is 15.5. The first-order chi connectivity index (χ1) is 8.73. The van der Waals surface area contributed by atoms with Crippen molar-refractivity contribution in [3.63, 3.8) is 0 Å². The summed E-state index contributed by atoms with van der Waals surface area (Å²) in [6, 6.07) is -0.277. The number of carbonyl (C=O) groups excluding carboxylic acids is 2. The lowest BCUT2D eigenvalue weighted by Gasteiger charge is -2.45. The summed E-state index contributed by atoms with van der Waals surface area (Å²) in [5.41, 5.74) is 0. The lowest BCUT2D eigenvalue weighted by Crippen LogP contribution is -2.62. The largest absolute Gasteiger partial charge is 0.458 e. The molecule has 0 spiro atoms. The summed E-state index contributed by atoms with van der Waals surface area (Å²) < 4.78 is 16.2. The number of alkyl halides is 1. The van der Waals surface area contributed by atoms with Gasteiger partial charge in [0.05, 0.1) is 12.1 Å². The molecule has 0 saturated carbocycles. The first-order valence-electron chi connectivity index (χ1n) is 6.04. The molecule has 118 valence electrons. The number of carbonyl (C=O) groups is 2. The van der Waals surface area contributed by atoms with Crippen molar-refractivity contribution in [2.24, 2.45) is 0 Å². The Balaban J connectivity index is 0.00000361. The van der Waals surface area contributed by atoms with Gasteiger partial charge < -0.3 is 14.2 Å². The molecule has 0 radical (unpaired) electrons. The van der Waals surface area contributed by atoms with E-state index >= 15 is 0 Å². The minimum atomic E-state index is -0.548. The van der Waals surface area contributed by atoms with E-state index in [0.29, 0.717) is 0 Å². The zero-order chi connectivity index (χ0) is 14.7. The molecule has 0 unspecified atom stereocenters. The van der Waals surface area contributed by atoms with E-state index in [1.54, 1.807) is 0 Å². The molecule has 5 atom stereocenters. The molecule has 8 heteroatoms. The molecule has 0 N–H and O–H groups in total. The molecule has 6 nitrogen and oxygen atoms in total. The van der Waals surface area contributed by atoms with Crippen LogP contribution in [0.5, 0.6) is 0 Å². The number of hydrogen-bond donors (Lipinski definition) is 0. The molecule has 0 amide bonds. The average Bonchev–Trinajstić information content (AvgIpc) is 2.23. The Morgan fingerprint density at radius 1 is 1.10 bits per heavy atom. The normalized spacial score (nSPS) is 33.2. The molecule has 1 aliphatic heterocycles. The van der Waals surface area contributed by atoms with Crippen molar-refractivity contribution in [3.05, 3.63) is 0 Å². The fraction of sp³-hybridized carbons (Fsp3) is 0.833. The standard InChI is InChI=1S/C12H20BrNO5.BrH/c1-6-10(18-7(2)15)9(14(4)5)11(12(13)17-6)19-8(3)16;/h6,9-12H,1-5H3;1H/t6-,9-,10-,11+,12+;/m1./s1. The van der Waals surface area contributed by atoms with Gasteiger partial charge in [-0.2, -0.15) is 0 Å². The van der Waals surface area contributed by atoms with Crippen LogP contribution in [0.15, 0.2) is 0 Å². The lowest BCUT2D eigenvalue weighted by molar-refractivity contribution is -0.203. The zero-order valence-electron chi connectivity index (χ0n) is 12.2. The molecular weight excluding hydrogens is 398 g/mol. The summed E-state index contributed by atoms with van der Waals surface area (Å²) in [6.45, 7) is 4.51. The van der Waals surface area contributed by atoms with E-state index in [1.165, 1.54) is 13.8 Å². The first-order valence-corrected chi connectivity index (χ1v) is 6.96. The second-order valence-electron chi connectivity index (χ2n) is 4.79. The number of rotatable bonds is 3. The Labute approximate surface area is 138 Å². The van der Waals surface area contributed by atoms with Crippen molar-refractivity contribution in [2.75, 3.05) is 14.1 Å². The highest BCUT2D eigenvalue weighted by Gasteiger charge is 2.48. The Morgan fingerprint density at radius 3 is 1.95 bits per heavy atom. The van der Waals surface area contributed by atoms with Gasteiger partial charge in [0.2, 0.25) is 0 Å². The number of halogens is 2. The smallest absolute Gasteiger partial charge is 0.303 e. The maximum atomic E-state index is 11.2. The highest BCUT2D eigenvalue weighted by Crippen LogP contribution is 2.31. The van der Waals surface area contributed by atoms with Crippen LogP contribution in [-0.2, 0) is 23.8 Å². The third-order valence-corrected chi connectivity index (χ3v) is 3.68. The van der Waals surface area contributed by atoms with E-state index in [9.17, 15) is 9.59 Å². The first kappa shape index (κ1) is 19.8. The van der Waals surface area contributed by atoms with Crippen LogP contribution in [0.1, 0.15) is 20.8 Å². The Hall–Kier alpha value is -0.180. The van der Waals surface area contributed by atoms with Gasteiger partial charge in [-0.1, -0.05) is 15.9 Å². The quantitative estimate of drug-likeness (QED) is 0.511. The summed E-state index contributed by atoms with van der Waals surface area (Å²) in [5, 5.41) is -0.439. The van der Waals surface area contributed by atoms with Crippen LogP contribution < -0.4 is 0 Å². The lowest BCUT2D eigenvalue weighted by atomic mass is 9.96. The summed E-state index contributed by atoms with van der Waals surface area (Å²) in [5.74, 6) is -0.789. The average molecular weight is 419 g/mol. The molecule has 1 aliphatic rings. The van der Waals surface area contributed by atoms with Gasteiger partial charge >= 0.3 is 11.9 Å². The number of hydrogen-bond acceptors (Lipinski definition) is 6. The highest BCUT2D eigenvalue weighted by atomic mass is 79.9. The molecule has 0 aromatic heterocycles. The maximum Gasteiger partial charge on any atom is 0.303 e. The van der Waals surface area contributed by atoms with Crippen molar-refractivity contribution in [3.8, 4) is 0 Å². The van der Waals surface area contributed by atoms with E-state index < -0.39 is 23.2 Å². The SMILES string of the molecule is Br.CC(=O)O[C@H]1[C@@H](N(C)C)[C@H](OC(C)=O)[C@@H](Br)O[C@@H]1C. The second kappa shape index (κ2) is 8.31. The molecule has 1 heterocycles. The molecule has 0 aromatic rings. The summed E-state index contributed by atoms with van der Waals surface area (Å²) in [4.78, 5) is 24.3. The van der Waals surface area contributed by atoms with Crippen molar-refractivity contribution in [1.29, 1.82) is 0 Å². The minimum Gasteiger partial charge on any atom is -0.458 e. The van der Waals surface area contributed by atoms with Gasteiger partial charge in [0, 0.05) is 13.8 Å². The van der Waals surface area contributed by atoms with Crippen molar-refractivity contribution < 1.29 is 23.8 Å². The van der Waals surface area contributed by atoms with Crippen LogP contribution in [0.2, 0.25) is 0 Å². The van der Waals surface area contributed by atoms with Crippen LogP contribution in [0.25, 0.3) is 0 Å². The van der Waals surface area contributed by atoms with Gasteiger partial charge in [-0.3, -0.25) is 14.5 Å². The molecule has 0 aromatic carbocycles. The second-order valence-corrected chi connectivity index (χ2v) is 5.70. The molecular formula is C12H21Br2NO5. The van der Waals surface area contributed by atoms with Gasteiger partial charge in [-0.25, -0.2) is 0 Å². The highest BCUT2D eigenvalue weighted by molar-refractivity contribution is 9.09. The number of likely N-dealkylation sites (N-methyl/N-ethyl adjacent to an activating group) is 1. The third kappa shape index (κ3) is 4.98. The topological polar surface area (TPSA) is 65.1 Å². The molecule has 1 saturated heterocycles. The maximum absolute atomic E-state index is 11.2. The fourth-order valence-corrected chi connectivity index (χ4v) is 3.00. The van der Waals surface area contributed by atoms with E-state index in [4.69, 9.17) is 14.2 Å². The Morgan fingerprint density at radius 2 is 1.55 bits per heavy atom. The predicted molar refractivity (Wildman–Crippen MR) is 82.2 cm³/mol. The van der Waals surface area contributed by atoms with Gasteiger partial charge in [-0.15, -0.1) is 17.0 Å². The van der Waals surface area contributed by atoms with Crippen molar-refractivity contribution in [2.45, 2.75) is 50.1 Å². The van der Waals surface area contributed by atoms with E-state index in [0.717, 1.165) is 0 Å². The Kier molecular flexibility index (Phi) is 8.23. The monoisotopic (exact) mass is 417 g/mol.